The van der Waals surface area contributed by atoms with E-state index < -0.39 is 24.7 Å². The zero-order valence-electron chi connectivity index (χ0n) is 18.2. The van der Waals surface area contributed by atoms with E-state index in [0.29, 0.717) is 38.2 Å². The number of ether oxygens (including phenoxy) is 2. The summed E-state index contributed by atoms with van der Waals surface area (Å²) in [6, 6.07) is 3.06. The van der Waals surface area contributed by atoms with Crippen LogP contribution < -0.4 is 4.74 Å². The highest BCUT2D eigenvalue weighted by Crippen LogP contribution is 2.61. The van der Waals surface area contributed by atoms with Crippen molar-refractivity contribution in [1.82, 2.24) is 9.80 Å². The lowest BCUT2D eigenvalue weighted by molar-refractivity contribution is -0.144. The highest BCUT2D eigenvalue weighted by molar-refractivity contribution is 6.45. The number of nitrogens with zero attached hydrogens (tertiary/aromatic N) is 2. The normalized spacial score (nSPS) is 28.2. The predicted octanol–water partition coefficient (Wildman–Crippen LogP) is -0.0230. The Hall–Kier alpha value is -2.34. The Balaban J connectivity index is 1.37. The van der Waals surface area contributed by atoms with Crippen molar-refractivity contribution in [3.63, 3.8) is 0 Å². The number of aromatic carboxylic acids is 1. The average molecular weight is 448 g/mol. The number of likely N-dealkylation sites (tertiary alicyclic amines) is 1. The molecule has 1 aliphatic carbocycles. The zero-order valence-corrected chi connectivity index (χ0v) is 18.2. The van der Waals surface area contributed by atoms with E-state index >= 15 is 0 Å². The molecule has 1 aromatic rings. The van der Waals surface area contributed by atoms with E-state index in [1.165, 1.54) is 6.07 Å². The van der Waals surface area contributed by atoms with Crippen molar-refractivity contribution in [2.45, 2.75) is 37.3 Å². The first-order valence-electron chi connectivity index (χ1n) is 10.9. The first-order chi connectivity index (χ1) is 15.2. The number of amides is 1. The molecule has 10 nitrogen and oxygen atoms in total. The fraction of sp³-hybridized carbons (Fsp3) is 0.619. The van der Waals surface area contributed by atoms with Gasteiger partial charge in [0.25, 0.3) is 0 Å². The second-order valence-electron chi connectivity index (χ2n) is 9.06. The van der Waals surface area contributed by atoms with Gasteiger partial charge in [-0.05, 0) is 30.5 Å². The van der Waals surface area contributed by atoms with Gasteiger partial charge in [-0.2, -0.15) is 0 Å². The Bertz CT molecular complexity index is 891. The molecular formula is C21H29BN2O8. The molecule has 2 heterocycles. The third kappa shape index (κ3) is 4.43. The third-order valence-corrected chi connectivity index (χ3v) is 6.77. The van der Waals surface area contributed by atoms with Crippen molar-refractivity contribution in [2.24, 2.45) is 5.92 Å². The SMILES string of the molecule is C[C@@H]1C(B(O)O)C1c1ccc(OC2CN(C(=O)C[C@H]3CN(C)CCO3)C2)c(C(=O)O)c1O. The van der Waals surface area contributed by atoms with Crippen LogP contribution in [0.2, 0.25) is 5.82 Å². The van der Waals surface area contributed by atoms with Crippen LogP contribution in [0.15, 0.2) is 12.1 Å². The number of morpholine rings is 1. The van der Waals surface area contributed by atoms with E-state index in [1.54, 1.807) is 11.0 Å². The summed E-state index contributed by atoms with van der Waals surface area (Å²) in [5, 5.41) is 39.2. The maximum absolute atomic E-state index is 12.5. The van der Waals surface area contributed by atoms with Gasteiger partial charge in [0.15, 0.2) is 0 Å². The van der Waals surface area contributed by atoms with Crippen LogP contribution in [0.1, 0.15) is 35.2 Å². The number of benzene rings is 1. The van der Waals surface area contributed by atoms with Gasteiger partial charge in [0.2, 0.25) is 5.91 Å². The van der Waals surface area contributed by atoms with Crippen LogP contribution in [0.5, 0.6) is 11.5 Å². The maximum Gasteiger partial charge on any atom is 0.455 e. The lowest BCUT2D eigenvalue weighted by Gasteiger charge is -2.40. The molecule has 32 heavy (non-hydrogen) atoms. The standard InChI is InChI=1S/C21H29BN2O8/c1-11-17(19(11)22(29)30)14-3-4-15(18(20(14)26)21(27)28)32-13-9-24(10-13)16(25)7-12-8-23(2)5-6-31-12/h3-4,11-13,17,19,26,29-30H,5-10H2,1-2H3,(H,27,28)/t11-,12-,17?,19?/m0/s1. The van der Waals surface area contributed by atoms with Crippen molar-refractivity contribution in [1.29, 1.82) is 0 Å². The molecular weight excluding hydrogens is 419 g/mol. The lowest BCUT2D eigenvalue weighted by atomic mass is 9.80. The van der Waals surface area contributed by atoms with Gasteiger partial charge in [-0.3, -0.25) is 4.79 Å². The van der Waals surface area contributed by atoms with Crippen LogP contribution in [-0.4, -0.2) is 101 Å². The average Bonchev–Trinajstić information content (AvgIpc) is 3.34. The van der Waals surface area contributed by atoms with Gasteiger partial charge in [0.05, 0.1) is 32.2 Å². The fourth-order valence-corrected chi connectivity index (χ4v) is 4.81. The number of hydrogen-bond donors (Lipinski definition) is 4. The van der Waals surface area contributed by atoms with Crippen molar-refractivity contribution in [3.05, 3.63) is 23.3 Å². The third-order valence-electron chi connectivity index (χ3n) is 6.77. The molecule has 0 bridgehead atoms. The summed E-state index contributed by atoms with van der Waals surface area (Å²) in [6.45, 7) is 4.65. The number of carbonyl (C=O) groups is 2. The van der Waals surface area contributed by atoms with E-state index in [2.05, 4.69) is 4.90 Å². The second-order valence-corrected chi connectivity index (χ2v) is 9.06. The van der Waals surface area contributed by atoms with Crippen LogP contribution in [0, 0.1) is 5.92 Å². The zero-order chi connectivity index (χ0) is 23.2. The maximum atomic E-state index is 12.5. The summed E-state index contributed by atoms with van der Waals surface area (Å²) in [5.41, 5.74) is 0.0133. The van der Waals surface area contributed by atoms with Crippen LogP contribution in [-0.2, 0) is 9.53 Å². The number of aromatic hydroxyl groups is 1. The number of rotatable bonds is 7. The molecule has 174 valence electrons. The van der Waals surface area contributed by atoms with E-state index in [-0.39, 0.29) is 41.3 Å². The van der Waals surface area contributed by atoms with Gasteiger partial charge in [0, 0.05) is 18.9 Å². The van der Waals surface area contributed by atoms with Gasteiger partial charge < -0.3 is 39.5 Å². The van der Waals surface area contributed by atoms with Gasteiger partial charge >= 0.3 is 13.1 Å². The molecule has 1 aromatic carbocycles. The second kappa shape index (κ2) is 8.89. The molecule has 11 heteroatoms. The molecule has 0 radical (unpaired) electrons. The Morgan fingerprint density at radius 3 is 2.56 bits per heavy atom. The van der Waals surface area contributed by atoms with Gasteiger partial charge in [-0.1, -0.05) is 13.0 Å². The molecule has 2 unspecified atom stereocenters. The quantitative estimate of drug-likeness (QED) is 0.424. The molecule has 4 rings (SSSR count). The minimum Gasteiger partial charge on any atom is -0.507 e. The number of phenols is 1. The fourth-order valence-electron chi connectivity index (χ4n) is 4.81. The first kappa shape index (κ1) is 22.8. The van der Waals surface area contributed by atoms with E-state index in [0.717, 1.165) is 6.54 Å². The molecule has 4 N–H and O–H groups in total. The molecule has 2 saturated heterocycles. The molecule has 2 aliphatic heterocycles. The smallest absolute Gasteiger partial charge is 0.455 e. The van der Waals surface area contributed by atoms with Crippen LogP contribution in [0.4, 0.5) is 0 Å². The Morgan fingerprint density at radius 1 is 1.25 bits per heavy atom. The summed E-state index contributed by atoms with van der Waals surface area (Å²) in [5.74, 6) is -2.62. The molecule has 0 spiro atoms. The molecule has 1 saturated carbocycles. The Labute approximate surface area is 186 Å². The largest absolute Gasteiger partial charge is 0.507 e. The summed E-state index contributed by atoms with van der Waals surface area (Å²) in [6.07, 6.45) is -0.204. The molecule has 0 aromatic heterocycles. The Morgan fingerprint density at radius 2 is 1.97 bits per heavy atom. The minimum atomic E-state index is -1.53. The van der Waals surface area contributed by atoms with Crippen LogP contribution >= 0.6 is 0 Å². The topological polar surface area (TPSA) is 140 Å². The molecule has 3 fully saturated rings. The summed E-state index contributed by atoms with van der Waals surface area (Å²) >= 11 is 0. The number of carboxylic acid groups (broad SMARTS) is 1. The molecule has 1 amide bonds. The van der Waals surface area contributed by atoms with Crippen molar-refractivity contribution in [2.75, 3.05) is 39.8 Å². The number of carbonyl (C=O) groups excluding carboxylic acids is 1. The molecule has 4 atom stereocenters. The van der Waals surface area contributed by atoms with Gasteiger partial charge in [-0.15, -0.1) is 0 Å². The van der Waals surface area contributed by atoms with Gasteiger partial charge in [-0.25, -0.2) is 4.79 Å². The van der Waals surface area contributed by atoms with Crippen molar-refractivity contribution < 1.29 is 39.3 Å². The summed E-state index contributed by atoms with van der Waals surface area (Å²) in [7, 11) is 0.459. The number of hydrogen-bond acceptors (Lipinski definition) is 8. The lowest BCUT2D eigenvalue weighted by Crippen LogP contribution is -2.57. The monoisotopic (exact) mass is 448 g/mol. The first-order valence-corrected chi connectivity index (χ1v) is 10.9. The Kier molecular flexibility index (Phi) is 6.35. The predicted molar refractivity (Wildman–Crippen MR) is 114 cm³/mol. The molecule has 3 aliphatic rings. The van der Waals surface area contributed by atoms with Crippen LogP contribution in [0.3, 0.4) is 0 Å². The summed E-state index contributed by atoms with van der Waals surface area (Å²) < 4.78 is 11.4. The summed E-state index contributed by atoms with van der Waals surface area (Å²) in [4.78, 5) is 28.1. The van der Waals surface area contributed by atoms with Gasteiger partial charge in [0.1, 0.15) is 23.2 Å². The van der Waals surface area contributed by atoms with E-state index in [4.69, 9.17) is 9.47 Å². The van der Waals surface area contributed by atoms with Crippen LogP contribution in [0.25, 0.3) is 0 Å². The highest BCUT2D eigenvalue weighted by Gasteiger charge is 2.55. The van der Waals surface area contributed by atoms with Crippen molar-refractivity contribution in [3.8, 4) is 11.5 Å². The number of likely N-dealkylation sites (N-methyl/N-ethyl adjacent to an activating group) is 1. The van der Waals surface area contributed by atoms with E-state index in [9.17, 15) is 29.9 Å². The highest BCUT2D eigenvalue weighted by atomic mass is 16.5. The van der Waals surface area contributed by atoms with Crippen molar-refractivity contribution >= 4 is 19.0 Å². The number of carboxylic acids is 1. The van der Waals surface area contributed by atoms with E-state index in [1.807, 2.05) is 14.0 Å². The minimum absolute atomic E-state index is 0.0295.